The molecule has 166 valence electrons. The average Bonchev–Trinajstić information content (AvgIpc) is 3.33. The lowest BCUT2D eigenvalue weighted by Gasteiger charge is -2.36. The van der Waals surface area contributed by atoms with Crippen molar-refractivity contribution in [3.8, 4) is 5.75 Å². The van der Waals surface area contributed by atoms with E-state index in [2.05, 4.69) is 10.2 Å². The van der Waals surface area contributed by atoms with E-state index >= 15 is 0 Å². The monoisotopic (exact) mass is 473 g/mol. The molecule has 32 heavy (non-hydrogen) atoms. The Kier molecular flexibility index (Phi) is 6.87. The van der Waals surface area contributed by atoms with Crippen LogP contribution in [0.3, 0.4) is 0 Å². The minimum Gasteiger partial charge on any atom is -0.482 e. The van der Waals surface area contributed by atoms with Gasteiger partial charge in [-0.2, -0.15) is 0 Å². The molecule has 0 radical (unpaired) electrons. The van der Waals surface area contributed by atoms with E-state index in [1.165, 1.54) is 6.26 Å². The number of carbonyl (C=O) groups is 2. The first-order valence-corrected chi connectivity index (χ1v) is 10.8. The highest BCUT2D eigenvalue weighted by atomic mass is 35.5. The number of halogens is 2. The van der Waals surface area contributed by atoms with Gasteiger partial charge < -0.3 is 24.3 Å². The summed E-state index contributed by atoms with van der Waals surface area (Å²) in [4.78, 5) is 28.5. The first kappa shape index (κ1) is 22.0. The molecule has 9 heteroatoms. The molecule has 0 bridgehead atoms. The van der Waals surface area contributed by atoms with Gasteiger partial charge in [-0.3, -0.25) is 9.59 Å². The van der Waals surface area contributed by atoms with E-state index in [1.54, 1.807) is 53.4 Å². The Morgan fingerprint density at radius 3 is 2.44 bits per heavy atom. The number of ether oxygens (including phenoxy) is 1. The lowest BCUT2D eigenvalue weighted by Crippen LogP contribution is -2.48. The second-order valence-corrected chi connectivity index (χ2v) is 8.00. The molecule has 4 rings (SSSR count). The van der Waals surface area contributed by atoms with Crippen molar-refractivity contribution in [2.24, 2.45) is 0 Å². The predicted molar refractivity (Wildman–Crippen MR) is 124 cm³/mol. The summed E-state index contributed by atoms with van der Waals surface area (Å²) in [7, 11) is 0. The maximum atomic E-state index is 12.4. The van der Waals surface area contributed by atoms with Crippen LogP contribution >= 0.6 is 23.2 Å². The summed E-state index contributed by atoms with van der Waals surface area (Å²) in [6.07, 6.45) is 1.49. The van der Waals surface area contributed by atoms with Gasteiger partial charge in [0, 0.05) is 31.9 Å². The molecule has 2 heterocycles. The second kappa shape index (κ2) is 9.97. The topological polar surface area (TPSA) is 75.0 Å². The molecule has 0 unspecified atom stereocenters. The molecule has 0 spiro atoms. The highest BCUT2D eigenvalue weighted by molar-refractivity contribution is 6.33. The predicted octanol–water partition coefficient (Wildman–Crippen LogP) is 4.57. The molecule has 1 aliphatic heterocycles. The molecule has 0 atom stereocenters. The van der Waals surface area contributed by atoms with Crippen LogP contribution in [0.4, 0.5) is 11.4 Å². The Bertz CT molecular complexity index is 1100. The number of nitrogens with zero attached hydrogens (tertiary/aromatic N) is 2. The summed E-state index contributed by atoms with van der Waals surface area (Å²) in [6.45, 7) is 2.24. The van der Waals surface area contributed by atoms with Gasteiger partial charge in [0.15, 0.2) is 12.4 Å². The van der Waals surface area contributed by atoms with Crippen LogP contribution in [0, 0.1) is 0 Å². The lowest BCUT2D eigenvalue weighted by molar-refractivity contribution is -0.118. The number of anilines is 2. The fourth-order valence-electron chi connectivity index (χ4n) is 3.45. The van der Waals surface area contributed by atoms with Gasteiger partial charge in [0.2, 0.25) is 0 Å². The van der Waals surface area contributed by atoms with E-state index in [4.69, 9.17) is 32.4 Å². The maximum Gasteiger partial charge on any atom is 0.289 e. The fraction of sp³-hybridized carbons (Fsp3) is 0.217. The Labute approximate surface area is 195 Å². The van der Waals surface area contributed by atoms with E-state index in [0.29, 0.717) is 53.4 Å². The third-order valence-corrected chi connectivity index (χ3v) is 5.68. The van der Waals surface area contributed by atoms with Gasteiger partial charge in [-0.25, -0.2) is 0 Å². The Balaban J connectivity index is 1.31. The van der Waals surface area contributed by atoms with Crippen LogP contribution in [-0.4, -0.2) is 49.5 Å². The maximum absolute atomic E-state index is 12.4. The van der Waals surface area contributed by atoms with E-state index in [-0.39, 0.29) is 18.4 Å². The van der Waals surface area contributed by atoms with Gasteiger partial charge in [-0.05, 0) is 42.5 Å². The molecule has 7 nitrogen and oxygen atoms in total. The average molecular weight is 474 g/mol. The number of nitrogens with one attached hydrogen (secondary N) is 1. The first-order valence-electron chi connectivity index (χ1n) is 10.1. The van der Waals surface area contributed by atoms with Crippen LogP contribution in [0.25, 0.3) is 0 Å². The molecule has 2 amide bonds. The summed E-state index contributed by atoms with van der Waals surface area (Å²) < 4.78 is 10.6. The summed E-state index contributed by atoms with van der Waals surface area (Å²) >= 11 is 12.5. The lowest BCUT2D eigenvalue weighted by atomic mass is 10.2. The van der Waals surface area contributed by atoms with Gasteiger partial charge >= 0.3 is 0 Å². The van der Waals surface area contributed by atoms with Crippen molar-refractivity contribution in [3.05, 3.63) is 76.7 Å². The molecule has 2 aromatic carbocycles. The largest absolute Gasteiger partial charge is 0.482 e. The number of para-hydroxylation sites is 1. The molecule has 0 saturated carbocycles. The third kappa shape index (κ3) is 5.18. The zero-order valence-corrected chi connectivity index (χ0v) is 18.6. The molecule has 1 saturated heterocycles. The van der Waals surface area contributed by atoms with Crippen LogP contribution in [0.5, 0.6) is 5.75 Å². The number of piperazine rings is 1. The minimum absolute atomic E-state index is 0.113. The van der Waals surface area contributed by atoms with Gasteiger partial charge in [0.05, 0.1) is 22.0 Å². The van der Waals surface area contributed by atoms with Crippen LogP contribution < -0.4 is 15.0 Å². The Morgan fingerprint density at radius 2 is 1.75 bits per heavy atom. The third-order valence-electron chi connectivity index (χ3n) is 5.07. The molecule has 3 aromatic rings. The molecule has 0 aliphatic carbocycles. The zero-order chi connectivity index (χ0) is 22.5. The van der Waals surface area contributed by atoms with Crippen LogP contribution in [-0.2, 0) is 4.79 Å². The number of amides is 2. The van der Waals surface area contributed by atoms with Gasteiger partial charge in [0.1, 0.15) is 5.75 Å². The van der Waals surface area contributed by atoms with Crippen LogP contribution in [0.2, 0.25) is 10.0 Å². The smallest absolute Gasteiger partial charge is 0.289 e. The fourth-order valence-corrected chi connectivity index (χ4v) is 3.94. The normalized spacial score (nSPS) is 13.7. The number of hydrogen-bond acceptors (Lipinski definition) is 5. The highest BCUT2D eigenvalue weighted by Gasteiger charge is 2.24. The van der Waals surface area contributed by atoms with Crippen LogP contribution in [0.1, 0.15) is 10.6 Å². The van der Waals surface area contributed by atoms with Gasteiger partial charge in [-0.15, -0.1) is 0 Å². The van der Waals surface area contributed by atoms with Gasteiger partial charge in [0.25, 0.3) is 11.8 Å². The van der Waals surface area contributed by atoms with Crippen molar-refractivity contribution < 1.29 is 18.7 Å². The summed E-state index contributed by atoms with van der Waals surface area (Å²) in [5, 5.41) is 3.72. The Hall–Kier alpha value is -3.16. The molecular weight excluding hydrogens is 453 g/mol. The molecular formula is C23H21Cl2N3O4. The molecule has 1 aliphatic rings. The van der Waals surface area contributed by atoms with Gasteiger partial charge in [-0.1, -0.05) is 35.3 Å². The van der Waals surface area contributed by atoms with E-state index in [9.17, 15) is 9.59 Å². The van der Waals surface area contributed by atoms with E-state index in [1.807, 2.05) is 6.07 Å². The number of rotatable bonds is 6. The summed E-state index contributed by atoms with van der Waals surface area (Å²) in [5.74, 6) is 0.356. The molecule has 1 aromatic heterocycles. The SMILES string of the molecule is O=C(COc1ccccc1Cl)Nc1ccc(N2CCN(C(=O)c3ccco3)CC2)c(Cl)c1. The Morgan fingerprint density at radius 1 is 0.969 bits per heavy atom. The zero-order valence-electron chi connectivity index (χ0n) is 17.1. The minimum atomic E-state index is -0.321. The number of furan rings is 1. The van der Waals surface area contributed by atoms with E-state index in [0.717, 1.165) is 5.69 Å². The number of hydrogen-bond donors (Lipinski definition) is 1. The quantitative estimate of drug-likeness (QED) is 0.567. The summed E-state index contributed by atoms with van der Waals surface area (Å²) in [5.41, 5.74) is 1.42. The highest BCUT2D eigenvalue weighted by Crippen LogP contribution is 2.30. The number of carbonyl (C=O) groups excluding carboxylic acids is 2. The molecule has 1 fully saturated rings. The van der Waals surface area contributed by atoms with Crippen molar-refractivity contribution in [1.82, 2.24) is 4.90 Å². The van der Waals surface area contributed by atoms with Crippen molar-refractivity contribution in [2.75, 3.05) is 43.0 Å². The van der Waals surface area contributed by atoms with Crippen LogP contribution in [0.15, 0.2) is 65.3 Å². The first-order chi connectivity index (χ1) is 15.5. The van der Waals surface area contributed by atoms with E-state index < -0.39 is 0 Å². The summed E-state index contributed by atoms with van der Waals surface area (Å²) in [6, 6.07) is 15.7. The molecule has 1 N–H and O–H groups in total. The van der Waals surface area contributed by atoms with Crippen molar-refractivity contribution >= 4 is 46.4 Å². The van der Waals surface area contributed by atoms with Crippen molar-refractivity contribution in [3.63, 3.8) is 0 Å². The standard InChI is InChI=1S/C23H21Cl2N3O4/c24-17-4-1-2-5-20(17)32-15-22(29)26-16-7-8-19(18(25)14-16)27-9-11-28(12-10-27)23(30)21-6-3-13-31-21/h1-8,13-14H,9-12,15H2,(H,26,29). The second-order valence-electron chi connectivity index (χ2n) is 7.19. The van der Waals surface area contributed by atoms with Crippen molar-refractivity contribution in [2.45, 2.75) is 0 Å². The van der Waals surface area contributed by atoms with Crippen molar-refractivity contribution in [1.29, 1.82) is 0 Å². The number of benzene rings is 2.